The van der Waals surface area contributed by atoms with Crippen molar-refractivity contribution >= 4 is 34.7 Å². The average Bonchev–Trinajstić information content (AvgIpc) is 2.86. The van der Waals surface area contributed by atoms with Gasteiger partial charge in [-0.3, -0.25) is 9.59 Å². The molecule has 174 valence electrons. The molecule has 2 aliphatic heterocycles. The lowest BCUT2D eigenvalue weighted by molar-refractivity contribution is -0.122. The van der Waals surface area contributed by atoms with Gasteiger partial charge in [0, 0.05) is 31.2 Å². The predicted octanol–water partition coefficient (Wildman–Crippen LogP) is 4.78. The number of piperazine rings is 1. The van der Waals surface area contributed by atoms with E-state index in [0.717, 1.165) is 37.4 Å². The van der Waals surface area contributed by atoms with Crippen LogP contribution in [-0.4, -0.2) is 49.8 Å². The molecule has 0 aromatic heterocycles. The van der Waals surface area contributed by atoms with E-state index in [1.54, 1.807) is 17.9 Å². The molecule has 2 heterocycles. The molecular formula is C28H28ClN3O2. The summed E-state index contributed by atoms with van der Waals surface area (Å²) in [5, 5.41) is 0.523. The van der Waals surface area contributed by atoms with Crippen molar-refractivity contribution < 1.29 is 9.59 Å². The monoisotopic (exact) mass is 473 g/mol. The number of benzene rings is 3. The van der Waals surface area contributed by atoms with Gasteiger partial charge in [-0.05, 0) is 37.2 Å². The van der Waals surface area contributed by atoms with Crippen LogP contribution in [0.3, 0.4) is 0 Å². The number of likely N-dealkylation sites (N-methyl/N-ethyl adjacent to an activating group) is 1. The first-order valence-corrected chi connectivity index (χ1v) is 12.0. The second kappa shape index (κ2) is 8.90. The number of anilines is 2. The highest BCUT2D eigenvalue weighted by Crippen LogP contribution is 2.46. The molecule has 0 bridgehead atoms. The molecule has 0 radical (unpaired) electrons. The van der Waals surface area contributed by atoms with Gasteiger partial charge in [0.1, 0.15) is 5.41 Å². The molecule has 1 unspecified atom stereocenters. The maximum Gasteiger partial charge on any atom is 0.245 e. The molecule has 5 nitrogen and oxygen atoms in total. The fourth-order valence-electron chi connectivity index (χ4n) is 5.00. The van der Waals surface area contributed by atoms with E-state index in [9.17, 15) is 9.59 Å². The van der Waals surface area contributed by atoms with Crippen LogP contribution < -0.4 is 9.80 Å². The molecule has 6 heteroatoms. The third kappa shape index (κ3) is 3.79. The fraction of sp³-hybridized carbons (Fsp3) is 0.286. The third-order valence-electron chi connectivity index (χ3n) is 7.08. The number of hydrogen-bond donors (Lipinski definition) is 0. The molecule has 34 heavy (non-hydrogen) atoms. The maximum absolute atomic E-state index is 14.3. The van der Waals surface area contributed by atoms with Crippen molar-refractivity contribution in [2.75, 3.05) is 43.0 Å². The Morgan fingerprint density at radius 1 is 0.853 bits per heavy atom. The Hall–Kier alpha value is -3.15. The number of carbonyl (C=O) groups excluding carboxylic acids is 2. The predicted molar refractivity (Wildman–Crippen MR) is 137 cm³/mol. The van der Waals surface area contributed by atoms with Gasteiger partial charge in [-0.1, -0.05) is 72.3 Å². The van der Waals surface area contributed by atoms with Crippen LogP contribution in [0.1, 0.15) is 28.4 Å². The van der Waals surface area contributed by atoms with Gasteiger partial charge in [-0.15, -0.1) is 0 Å². The number of fused-ring (bicyclic) bond motifs is 1. The number of carbonyl (C=O) groups is 2. The van der Waals surface area contributed by atoms with Gasteiger partial charge < -0.3 is 14.7 Å². The van der Waals surface area contributed by atoms with Crippen LogP contribution >= 0.6 is 11.6 Å². The highest BCUT2D eigenvalue weighted by atomic mass is 35.5. The Morgan fingerprint density at radius 2 is 1.44 bits per heavy atom. The second-order valence-corrected chi connectivity index (χ2v) is 9.74. The van der Waals surface area contributed by atoms with E-state index in [1.807, 2.05) is 66.7 Å². The molecule has 0 spiro atoms. The van der Waals surface area contributed by atoms with Crippen LogP contribution in [0.4, 0.5) is 11.4 Å². The van der Waals surface area contributed by atoms with Crippen molar-refractivity contribution in [3.63, 3.8) is 0 Å². The van der Waals surface area contributed by atoms with Crippen LogP contribution in [0, 0.1) is 0 Å². The molecule has 1 saturated heterocycles. The van der Waals surface area contributed by atoms with Gasteiger partial charge >= 0.3 is 0 Å². The summed E-state index contributed by atoms with van der Waals surface area (Å²) in [4.78, 5) is 34.6. The van der Waals surface area contributed by atoms with E-state index >= 15 is 0 Å². The zero-order chi connectivity index (χ0) is 23.9. The minimum absolute atomic E-state index is 0.173. The molecule has 5 rings (SSSR count). The Bertz CT molecular complexity index is 1220. The van der Waals surface area contributed by atoms with Crippen molar-refractivity contribution in [1.82, 2.24) is 4.90 Å². The lowest BCUT2D eigenvalue weighted by Crippen LogP contribution is -2.55. The molecule has 1 amide bonds. The first-order valence-electron chi connectivity index (χ1n) is 11.6. The molecule has 3 aromatic rings. The molecule has 1 fully saturated rings. The fourth-order valence-corrected chi connectivity index (χ4v) is 5.20. The van der Waals surface area contributed by atoms with Gasteiger partial charge in [-0.2, -0.15) is 0 Å². The van der Waals surface area contributed by atoms with E-state index in [4.69, 9.17) is 11.6 Å². The Labute approximate surface area is 205 Å². The molecule has 0 aliphatic carbocycles. The summed E-state index contributed by atoms with van der Waals surface area (Å²) in [6.45, 7) is 5.52. The van der Waals surface area contributed by atoms with Crippen LogP contribution in [0.2, 0.25) is 5.02 Å². The molecule has 0 N–H and O–H groups in total. The van der Waals surface area contributed by atoms with Crippen molar-refractivity contribution in [3.05, 3.63) is 94.5 Å². The largest absolute Gasteiger partial charge is 0.368 e. The summed E-state index contributed by atoms with van der Waals surface area (Å²) in [5.41, 5.74) is 2.36. The molecule has 0 saturated carbocycles. The highest BCUT2D eigenvalue weighted by Gasteiger charge is 2.52. The standard InChI is InChI=1S/C28H28ClN3O2/c1-28(21-11-7-4-8-12-21)26(33)25-23(31-15-13-30(2)14-16-31)17-22(29)18-24(25)32(27(28)34)19-20-9-5-3-6-10-20/h3-12,17-18H,13-16,19H2,1-2H3. The summed E-state index contributed by atoms with van der Waals surface area (Å²) >= 11 is 6.60. The zero-order valence-electron chi connectivity index (χ0n) is 19.5. The Balaban J connectivity index is 1.71. The van der Waals surface area contributed by atoms with Gasteiger partial charge in [0.15, 0.2) is 5.78 Å². The number of amides is 1. The minimum atomic E-state index is -1.32. The number of Topliss-reactive ketones (excluding diaryl/α,β-unsaturated/α-hetero) is 1. The number of halogens is 1. The number of ketones is 1. The molecule has 2 aliphatic rings. The first kappa shape index (κ1) is 22.6. The van der Waals surface area contributed by atoms with Gasteiger partial charge in [0.05, 0.1) is 23.5 Å². The van der Waals surface area contributed by atoms with Crippen LogP contribution in [0.15, 0.2) is 72.8 Å². The smallest absolute Gasteiger partial charge is 0.245 e. The van der Waals surface area contributed by atoms with E-state index in [1.165, 1.54) is 0 Å². The lowest BCUT2D eigenvalue weighted by Gasteiger charge is -2.42. The van der Waals surface area contributed by atoms with E-state index in [2.05, 4.69) is 16.8 Å². The number of nitrogens with zero attached hydrogens (tertiary/aromatic N) is 3. The highest BCUT2D eigenvalue weighted by molar-refractivity contribution is 6.34. The Morgan fingerprint density at radius 3 is 2.09 bits per heavy atom. The van der Waals surface area contributed by atoms with Crippen molar-refractivity contribution in [2.24, 2.45) is 0 Å². The molecule has 3 aromatic carbocycles. The summed E-state index contributed by atoms with van der Waals surface area (Å²) < 4.78 is 0. The van der Waals surface area contributed by atoms with Crippen LogP contribution in [0.5, 0.6) is 0 Å². The van der Waals surface area contributed by atoms with Crippen LogP contribution in [0.25, 0.3) is 0 Å². The van der Waals surface area contributed by atoms with Gasteiger partial charge in [-0.25, -0.2) is 0 Å². The molecular weight excluding hydrogens is 446 g/mol. The normalized spacial score (nSPS) is 21.0. The summed E-state index contributed by atoms with van der Waals surface area (Å²) in [7, 11) is 2.10. The van der Waals surface area contributed by atoms with E-state index in [0.29, 0.717) is 28.4 Å². The SMILES string of the molecule is CN1CCN(c2cc(Cl)cc3c2C(=O)C(C)(c2ccccc2)C(=O)N3Cc2ccccc2)CC1. The van der Waals surface area contributed by atoms with Crippen molar-refractivity contribution in [1.29, 1.82) is 0 Å². The topological polar surface area (TPSA) is 43.9 Å². The molecule has 1 atom stereocenters. The van der Waals surface area contributed by atoms with Gasteiger partial charge in [0.2, 0.25) is 5.91 Å². The minimum Gasteiger partial charge on any atom is -0.368 e. The van der Waals surface area contributed by atoms with Crippen molar-refractivity contribution in [2.45, 2.75) is 18.9 Å². The first-order chi connectivity index (χ1) is 16.4. The second-order valence-electron chi connectivity index (χ2n) is 9.31. The zero-order valence-corrected chi connectivity index (χ0v) is 20.3. The third-order valence-corrected chi connectivity index (χ3v) is 7.30. The maximum atomic E-state index is 14.3. The van der Waals surface area contributed by atoms with Crippen LogP contribution in [-0.2, 0) is 16.8 Å². The number of rotatable bonds is 4. The average molecular weight is 474 g/mol. The summed E-state index contributed by atoms with van der Waals surface area (Å²) in [5.74, 6) is -0.403. The van der Waals surface area contributed by atoms with Crippen molar-refractivity contribution in [3.8, 4) is 0 Å². The number of hydrogen-bond acceptors (Lipinski definition) is 4. The van der Waals surface area contributed by atoms with E-state index < -0.39 is 5.41 Å². The Kier molecular flexibility index (Phi) is 5.92. The van der Waals surface area contributed by atoms with E-state index in [-0.39, 0.29) is 11.7 Å². The lowest BCUT2D eigenvalue weighted by atomic mass is 9.71. The quantitative estimate of drug-likeness (QED) is 0.511. The summed E-state index contributed by atoms with van der Waals surface area (Å²) in [6.07, 6.45) is 0. The van der Waals surface area contributed by atoms with Gasteiger partial charge in [0.25, 0.3) is 0 Å². The summed E-state index contributed by atoms with van der Waals surface area (Å²) in [6, 6.07) is 22.9.